The van der Waals surface area contributed by atoms with Crippen LogP contribution in [0.1, 0.15) is 5.56 Å². The van der Waals surface area contributed by atoms with E-state index in [1.807, 2.05) is 24.3 Å². The molecule has 0 fully saturated rings. The van der Waals surface area contributed by atoms with E-state index in [1.54, 1.807) is 18.3 Å². The summed E-state index contributed by atoms with van der Waals surface area (Å²) in [6.45, 7) is 0. The predicted octanol–water partition coefficient (Wildman–Crippen LogP) is 3.49. The van der Waals surface area contributed by atoms with Gasteiger partial charge in [-0.3, -0.25) is 10.1 Å². The van der Waals surface area contributed by atoms with Gasteiger partial charge < -0.3 is 4.42 Å². The van der Waals surface area contributed by atoms with Crippen molar-refractivity contribution >= 4 is 29.0 Å². The van der Waals surface area contributed by atoms with Gasteiger partial charge in [0.2, 0.25) is 0 Å². The zero-order valence-corrected chi connectivity index (χ0v) is 10.3. The third-order valence-electron chi connectivity index (χ3n) is 2.71. The van der Waals surface area contributed by atoms with Crippen molar-refractivity contribution in [3.05, 3.63) is 64.2 Å². The van der Waals surface area contributed by atoms with Crippen LogP contribution >= 0.6 is 0 Å². The SMILES string of the molecule is O=[N+]([O-])c1ccc(C=Nc2nc3ccccc3o2)cc1. The summed E-state index contributed by atoms with van der Waals surface area (Å²) in [5, 5.41) is 10.5. The number of aliphatic imine (C=N–C) groups is 1. The predicted molar refractivity (Wildman–Crippen MR) is 74.4 cm³/mol. The molecule has 0 saturated heterocycles. The number of nitrogens with zero attached hydrogens (tertiary/aromatic N) is 3. The summed E-state index contributed by atoms with van der Waals surface area (Å²) in [5.74, 6) is 0. The number of fused-ring (bicyclic) bond motifs is 1. The molecule has 98 valence electrons. The van der Waals surface area contributed by atoms with Crippen LogP contribution in [0.15, 0.2) is 57.9 Å². The molecule has 6 nitrogen and oxygen atoms in total. The van der Waals surface area contributed by atoms with E-state index in [1.165, 1.54) is 12.1 Å². The first-order valence-electron chi connectivity index (χ1n) is 5.86. The number of para-hydroxylation sites is 2. The van der Waals surface area contributed by atoms with Crippen molar-refractivity contribution in [2.24, 2.45) is 4.99 Å². The van der Waals surface area contributed by atoms with E-state index in [-0.39, 0.29) is 11.7 Å². The van der Waals surface area contributed by atoms with Crippen molar-refractivity contribution in [3.63, 3.8) is 0 Å². The molecular formula is C14H9N3O3. The number of hydrogen-bond donors (Lipinski definition) is 0. The van der Waals surface area contributed by atoms with Gasteiger partial charge in [0, 0.05) is 18.3 Å². The Morgan fingerprint density at radius 1 is 1.15 bits per heavy atom. The van der Waals surface area contributed by atoms with Crippen molar-refractivity contribution in [1.29, 1.82) is 0 Å². The number of nitro groups is 1. The van der Waals surface area contributed by atoms with Crippen LogP contribution in [0.5, 0.6) is 0 Å². The number of rotatable bonds is 3. The van der Waals surface area contributed by atoms with Gasteiger partial charge in [-0.2, -0.15) is 4.98 Å². The molecule has 0 aliphatic heterocycles. The van der Waals surface area contributed by atoms with Crippen LogP contribution in [-0.4, -0.2) is 16.1 Å². The lowest BCUT2D eigenvalue weighted by Gasteiger charge is -1.92. The molecule has 0 spiro atoms. The number of hydrogen-bond acceptors (Lipinski definition) is 5. The summed E-state index contributed by atoms with van der Waals surface area (Å²) in [6.07, 6.45) is 1.55. The van der Waals surface area contributed by atoms with Crippen LogP contribution < -0.4 is 0 Å². The number of oxazole rings is 1. The fourth-order valence-electron chi connectivity index (χ4n) is 1.73. The highest BCUT2D eigenvalue weighted by molar-refractivity contribution is 5.82. The van der Waals surface area contributed by atoms with Crippen molar-refractivity contribution < 1.29 is 9.34 Å². The molecule has 1 heterocycles. The van der Waals surface area contributed by atoms with Gasteiger partial charge in [0.25, 0.3) is 5.69 Å². The Balaban J connectivity index is 1.84. The van der Waals surface area contributed by atoms with Crippen LogP contribution in [0.25, 0.3) is 11.1 Å². The first-order valence-corrected chi connectivity index (χ1v) is 5.86. The monoisotopic (exact) mass is 267 g/mol. The lowest BCUT2D eigenvalue weighted by atomic mass is 10.2. The fourth-order valence-corrected chi connectivity index (χ4v) is 1.73. The summed E-state index contributed by atoms with van der Waals surface area (Å²) >= 11 is 0. The fraction of sp³-hybridized carbons (Fsp3) is 0. The van der Waals surface area contributed by atoms with E-state index in [2.05, 4.69) is 9.98 Å². The van der Waals surface area contributed by atoms with E-state index in [4.69, 9.17) is 4.42 Å². The topological polar surface area (TPSA) is 81.5 Å². The maximum Gasteiger partial charge on any atom is 0.322 e. The smallest absolute Gasteiger partial charge is 0.322 e. The van der Waals surface area contributed by atoms with E-state index in [0.717, 1.165) is 11.1 Å². The second kappa shape index (κ2) is 4.93. The Morgan fingerprint density at radius 2 is 1.90 bits per heavy atom. The van der Waals surface area contributed by atoms with Crippen LogP contribution in [-0.2, 0) is 0 Å². The second-order valence-corrected chi connectivity index (χ2v) is 4.07. The van der Waals surface area contributed by atoms with Gasteiger partial charge in [-0.15, -0.1) is 0 Å². The minimum atomic E-state index is -0.443. The van der Waals surface area contributed by atoms with Gasteiger partial charge in [-0.1, -0.05) is 12.1 Å². The highest BCUT2D eigenvalue weighted by Gasteiger charge is 2.04. The Hall–Kier alpha value is -3.02. The van der Waals surface area contributed by atoms with Crippen LogP contribution in [0.3, 0.4) is 0 Å². The van der Waals surface area contributed by atoms with Crippen LogP contribution in [0.2, 0.25) is 0 Å². The lowest BCUT2D eigenvalue weighted by Crippen LogP contribution is -1.88. The van der Waals surface area contributed by atoms with E-state index in [9.17, 15) is 10.1 Å². The molecule has 1 aromatic heterocycles. The molecule has 0 amide bonds. The largest absolute Gasteiger partial charge is 0.422 e. The molecule has 0 radical (unpaired) electrons. The molecule has 3 aromatic rings. The minimum absolute atomic E-state index is 0.0454. The molecule has 0 saturated carbocycles. The highest BCUT2D eigenvalue weighted by Crippen LogP contribution is 2.20. The van der Waals surface area contributed by atoms with Gasteiger partial charge in [0.15, 0.2) is 5.58 Å². The summed E-state index contributed by atoms with van der Waals surface area (Å²) in [6, 6.07) is 13.7. The zero-order valence-electron chi connectivity index (χ0n) is 10.3. The molecule has 0 bridgehead atoms. The summed E-state index contributed by atoms with van der Waals surface area (Å²) < 4.78 is 5.43. The third kappa shape index (κ3) is 2.39. The molecule has 0 N–H and O–H groups in total. The minimum Gasteiger partial charge on any atom is -0.422 e. The Labute approximate surface area is 113 Å². The van der Waals surface area contributed by atoms with Crippen LogP contribution in [0, 0.1) is 10.1 Å². The van der Waals surface area contributed by atoms with Gasteiger partial charge in [0.1, 0.15) is 5.52 Å². The summed E-state index contributed by atoms with van der Waals surface area (Å²) in [5.41, 5.74) is 2.19. The Kier molecular flexibility index (Phi) is 2.96. The molecule has 2 aromatic carbocycles. The van der Waals surface area contributed by atoms with Gasteiger partial charge in [-0.25, -0.2) is 4.99 Å². The molecule has 6 heteroatoms. The van der Waals surface area contributed by atoms with Gasteiger partial charge >= 0.3 is 6.01 Å². The highest BCUT2D eigenvalue weighted by atomic mass is 16.6. The molecule has 0 aliphatic carbocycles. The van der Waals surface area contributed by atoms with E-state index in [0.29, 0.717) is 5.58 Å². The van der Waals surface area contributed by atoms with Crippen molar-refractivity contribution in [2.45, 2.75) is 0 Å². The first-order chi connectivity index (χ1) is 9.72. The van der Waals surface area contributed by atoms with Crippen molar-refractivity contribution in [1.82, 2.24) is 4.98 Å². The molecule has 0 atom stereocenters. The normalized spacial score (nSPS) is 11.2. The number of aromatic nitrogens is 1. The lowest BCUT2D eigenvalue weighted by molar-refractivity contribution is -0.384. The average Bonchev–Trinajstić information content (AvgIpc) is 2.88. The van der Waals surface area contributed by atoms with Crippen LogP contribution in [0.4, 0.5) is 11.7 Å². The maximum atomic E-state index is 10.5. The zero-order chi connectivity index (χ0) is 13.9. The van der Waals surface area contributed by atoms with Crippen molar-refractivity contribution in [2.75, 3.05) is 0 Å². The molecule has 0 unspecified atom stereocenters. The van der Waals surface area contributed by atoms with Gasteiger partial charge in [-0.05, 0) is 29.8 Å². The Bertz CT molecular complexity index is 758. The number of non-ortho nitro benzene ring substituents is 1. The van der Waals surface area contributed by atoms with E-state index < -0.39 is 4.92 Å². The Morgan fingerprint density at radius 3 is 2.60 bits per heavy atom. The quantitative estimate of drug-likeness (QED) is 0.413. The average molecular weight is 267 g/mol. The maximum absolute atomic E-state index is 10.5. The summed E-state index contributed by atoms with van der Waals surface area (Å²) in [4.78, 5) is 18.4. The molecule has 20 heavy (non-hydrogen) atoms. The third-order valence-corrected chi connectivity index (χ3v) is 2.71. The number of nitro benzene ring substituents is 1. The van der Waals surface area contributed by atoms with Crippen molar-refractivity contribution in [3.8, 4) is 0 Å². The van der Waals surface area contributed by atoms with Gasteiger partial charge in [0.05, 0.1) is 4.92 Å². The second-order valence-electron chi connectivity index (χ2n) is 4.07. The molecular weight excluding hydrogens is 258 g/mol. The summed E-state index contributed by atoms with van der Waals surface area (Å²) in [7, 11) is 0. The first kappa shape index (κ1) is 12.0. The van der Waals surface area contributed by atoms with E-state index >= 15 is 0 Å². The number of benzene rings is 2. The standard InChI is InChI=1S/C14H9N3O3/c18-17(19)11-7-5-10(6-8-11)9-15-14-16-12-3-1-2-4-13(12)20-14/h1-9H. The molecule has 3 rings (SSSR count). The molecule has 0 aliphatic rings.